The molecule has 0 aliphatic carbocycles. The van der Waals surface area contributed by atoms with Gasteiger partial charge in [-0.2, -0.15) is 0 Å². The summed E-state index contributed by atoms with van der Waals surface area (Å²) in [6.07, 6.45) is 0. The van der Waals surface area contributed by atoms with E-state index < -0.39 is 0 Å². The minimum absolute atomic E-state index is 1.13. The van der Waals surface area contributed by atoms with Gasteiger partial charge in [-0.25, -0.2) is 0 Å². The van der Waals surface area contributed by atoms with Crippen molar-refractivity contribution < 1.29 is 0 Å². The molecule has 0 unspecified atom stereocenters. The number of nitrogens with zero attached hydrogens (tertiary/aromatic N) is 2. The second-order valence-electron chi connectivity index (χ2n) is 13.7. The summed E-state index contributed by atoms with van der Waals surface area (Å²) in [6.45, 7) is 0. The van der Waals surface area contributed by atoms with Crippen molar-refractivity contribution in [2.45, 2.75) is 0 Å². The summed E-state index contributed by atoms with van der Waals surface area (Å²) < 4.78 is 7.65. The third-order valence-electron chi connectivity index (χ3n) is 10.7. The second kappa shape index (κ2) is 11.9. The standard InChI is InChI=1S/C50H32N2S/c1-4-15-34(16-5-1)46-43-32-31-41-39-21-10-12-25-44(39)51(48(41)49(43)52(36-19-8-3-9-20-36)47(46)35-17-6-2-7-18-35)37-29-27-33(28-30-37)38-23-14-24-42-40-22-11-13-26-45(40)53-50(38)42/h1-32H. The lowest BCUT2D eigenvalue weighted by atomic mass is 9.98. The largest absolute Gasteiger partial charge is 0.307 e. The maximum Gasteiger partial charge on any atom is 0.0789 e. The minimum atomic E-state index is 1.13. The fraction of sp³-hybridized carbons (Fsp3) is 0. The maximum atomic E-state index is 2.50. The first kappa shape index (κ1) is 30.0. The third-order valence-corrected chi connectivity index (χ3v) is 11.9. The lowest BCUT2D eigenvalue weighted by Gasteiger charge is -2.15. The fourth-order valence-electron chi connectivity index (χ4n) is 8.45. The predicted molar refractivity (Wildman–Crippen MR) is 227 cm³/mol. The summed E-state index contributed by atoms with van der Waals surface area (Å²) in [4.78, 5) is 0. The molecule has 0 aliphatic rings. The summed E-state index contributed by atoms with van der Waals surface area (Å²) in [7, 11) is 0. The Balaban J connectivity index is 1.24. The van der Waals surface area contributed by atoms with E-state index in [4.69, 9.17) is 0 Å². The van der Waals surface area contributed by atoms with Crippen LogP contribution in [0, 0.1) is 0 Å². The molecule has 3 aromatic heterocycles. The smallest absolute Gasteiger partial charge is 0.0789 e. The van der Waals surface area contributed by atoms with Gasteiger partial charge in [0.15, 0.2) is 0 Å². The molecule has 0 aliphatic heterocycles. The average Bonchev–Trinajstić information content (AvgIpc) is 3.90. The van der Waals surface area contributed by atoms with Gasteiger partial charge in [-0.1, -0.05) is 158 Å². The van der Waals surface area contributed by atoms with Gasteiger partial charge >= 0.3 is 0 Å². The Hall–Kier alpha value is -6.68. The number of hydrogen-bond acceptors (Lipinski definition) is 1. The van der Waals surface area contributed by atoms with Gasteiger partial charge in [-0.05, 0) is 58.7 Å². The molecule has 3 heteroatoms. The number of hydrogen-bond donors (Lipinski definition) is 0. The van der Waals surface area contributed by atoms with Gasteiger partial charge in [-0.3, -0.25) is 0 Å². The van der Waals surface area contributed by atoms with Gasteiger partial charge in [0.1, 0.15) is 0 Å². The Morgan fingerprint density at radius 3 is 1.70 bits per heavy atom. The van der Waals surface area contributed by atoms with Gasteiger partial charge in [0.2, 0.25) is 0 Å². The highest BCUT2D eigenvalue weighted by atomic mass is 32.1. The zero-order valence-corrected chi connectivity index (χ0v) is 29.6. The van der Waals surface area contributed by atoms with Crippen molar-refractivity contribution >= 4 is 64.2 Å². The molecule has 11 aromatic rings. The molecule has 0 N–H and O–H groups in total. The molecular formula is C50H32N2S. The number of benzene rings is 8. The first-order chi connectivity index (χ1) is 26.3. The van der Waals surface area contributed by atoms with Crippen LogP contribution in [0.3, 0.4) is 0 Å². The van der Waals surface area contributed by atoms with Crippen molar-refractivity contribution in [3.05, 3.63) is 194 Å². The number of rotatable bonds is 5. The van der Waals surface area contributed by atoms with Crippen molar-refractivity contribution in [2.24, 2.45) is 0 Å². The van der Waals surface area contributed by atoms with E-state index in [0.717, 1.165) is 11.4 Å². The topological polar surface area (TPSA) is 9.86 Å². The molecule has 8 aromatic carbocycles. The number of fused-ring (bicyclic) bond motifs is 8. The Kier molecular flexibility index (Phi) is 6.76. The Morgan fingerprint density at radius 2 is 0.925 bits per heavy atom. The van der Waals surface area contributed by atoms with Gasteiger partial charge in [0.25, 0.3) is 0 Å². The fourth-order valence-corrected chi connectivity index (χ4v) is 9.69. The zero-order valence-electron chi connectivity index (χ0n) is 28.8. The van der Waals surface area contributed by atoms with Gasteiger partial charge in [0.05, 0.1) is 22.2 Å². The first-order valence-electron chi connectivity index (χ1n) is 18.1. The molecule has 11 rings (SSSR count). The third kappa shape index (κ3) is 4.58. The van der Waals surface area contributed by atoms with Crippen molar-refractivity contribution in [1.29, 1.82) is 0 Å². The normalized spacial score (nSPS) is 11.8. The molecule has 2 nitrogen and oxygen atoms in total. The van der Waals surface area contributed by atoms with Crippen LogP contribution in [0.2, 0.25) is 0 Å². The van der Waals surface area contributed by atoms with Crippen LogP contribution in [-0.4, -0.2) is 9.13 Å². The van der Waals surface area contributed by atoms with Crippen molar-refractivity contribution in [3.8, 4) is 44.9 Å². The van der Waals surface area contributed by atoms with Crippen LogP contribution < -0.4 is 0 Å². The van der Waals surface area contributed by atoms with E-state index >= 15 is 0 Å². The zero-order chi connectivity index (χ0) is 34.9. The van der Waals surface area contributed by atoms with Gasteiger partial charge in [0, 0.05) is 53.3 Å². The number of thiophene rings is 1. The van der Waals surface area contributed by atoms with Crippen LogP contribution in [0.25, 0.3) is 97.8 Å². The lowest BCUT2D eigenvalue weighted by Crippen LogP contribution is -2.00. The Labute approximate surface area is 311 Å². The SMILES string of the molecule is c1ccc(-c2c(-c3ccccc3)n(-c3ccccc3)c3c2ccc2c4ccccc4n(-c4ccc(-c5cccc6c5sc5ccccc56)cc4)c23)cc1. The van der Waals surface area contributed by atoms with E-state index in [1.165, 1.54) is 86.4 Å². The van der Waals surface area contributed by atoms with Gasteiger partial charge < -0.3 is 9.13 Å². The first-order valence-corrected chi connectivity index (χ1v) is 18.9. The molecule has 3 heterocycles. The highest BCUT2D eigenvalue weighted by Gasteiger charge is 2.26. The highest BCUT2D eigenvalue weighted by Crippen LogP contribution is 2.47. The van der Waals surface area contributed by atoms with Crippen LogP contribution >= 0.6 is 11.3 Å². The van der Waals surface area contributed by atoms with Crippen LogP contribution in [-0.2, 0) is 0 Å². The molecule has 0 fully saturated rings. The van der Waals surface area contributed by atoms with E-state index in [1.54, 1.807) is 0 Å². The maximum absolute atomic E-state index is 2.50. The average molecular weight is 693 g/mol. The second-order valence-corrected chi connectivity index (χ2v) is 14.7. The van der Waals surface area contributed by atoms with Crippen molar-refractivity contribution in [2.75, 3.05) is 0 Å². The van der Waals surface area contributed by atoms with E-state index in [-0.39, 0.29) is 0 Å². The van der Waals surface area contributed by atoms with E-state index in [0.29, 0.717) is 0 Å². The molecule has 0 saturated heterocycles. The summed E-state index contributed by atoms with van der Waals surface area (Å²) in [5, 5.41) is 6.35. The molecule has 53 heavy (non-hydrogen) atoms. The van der Waals surface area contributed by atoms with Crippen LogP contribution in [0.1, 0.15) is 0 Å². The Morgan fingerprint density at radius 1 is 0.340 bits per heavy atom. The quantitative estimate of drug-likeness (QED) is 0.170. The summed E-state index contributed by atoms with van der Waals surface area (Å²) in [6, 6.07) is 70.8. The minimum Gasteiger partial charge on any atom is -0.307 e. The molecule has 0 amide bonds. The van der Waals surface area contributed by atoms with Crippen molar-refractivity contribution in [1.82, 2.24) is 9.13 Å². The molecular weight excluding hydrogens is 661 g/mol. The molecule has 0 bridgehead atoms. The molecule has 0 radical (unpaired) electrons. The molecule has 0 saturated carbocycles. The summed E-state index contributed by atoms with van der Waals surface area (Å²) in [5.41, 5.74) is 13.2. The summed E-state index contributed by atoms with van der Waals surface area (Å²) in [5.74, 6) is 0. The van der Waals surface area contributed by atoms with E-state index in [9.17, 15) is 0 Å². The van der Waals surface area contributed by atoms with Crippen LogP contribution in [0.4, 0.5) is 0 Å². The molecule has 248 valence electrons. The Bertz CT molecular complexity index is 3130. The van der Waals surface area contributed by atoms with Gasteiger partial charge in [-0.15, -0.1) is 11.3 Å². The lowest BCUT2D eigenvalue weighted by molar-refractivity contribution is 1.12. The highest BCUT2D eigenvalue weighted by molar-refractivity contribution is 7.26. The van der Waals surface area contributed by atoms with Crippen molar-refractivity contribution in [3.63, 3.8) is 0 Å². The predicted octanol–water partition coefficient (Wildman–Crippen LogP) is 14.1. The molecule has 0 atom stereocenters. The number of aromatic nitrogens is 2. The molecule has 0 spiro atoms. The monoisotopic (exact) mass is 692 g/mol. The van der Waals surface area contributed by atoms with Crippen LogP contribution in [0.15, 0.2) is 194 Å². The van der Waals surface area contributed by atoms with E-state index in [1.807, 2.05) is 11.3 Å². The summed E-state index contributed by atoms with van der Waals surface area (Å²) >= 11 is 1.88. The van der Waals surface area contributed by atoms with E-state index in [2.05, 4.69) is 203 Å². The number of para-hydroxylation sites is 2. The van der Waals surface area contributed by atoms with Crippen LogP contribution in [0.5, 0.6) is 0 Å².